The molecule has 1 aromatic rings. The lowest BCUT2D eigenvalue weighted by molar-refractivity contribution is -0.139. The second kappa shape index (κ2) is 4.35. The zero-order valence-electron chi connectivity index (χ0n) is 11.5. The minimum atomic E-state index is -0.932. The first kappa shape index (κ1) is 13.5. The molecule has 5 heteroatoms. The largest absolute Gasteiger partial charge is 0.480 e. The zero-order valence-corrected chi connectivity index (χ0v) is 11.5. The molecule has 1 atom stereocenters. The van der Waals surface area contributed by atoms with Crippen LogP contribution in [0.1, 0.15) is 31.0 Å². The third-order valence-electron chi connectivity index (χ3n) is 3.76. The van der Waals surface area contributed by atoms with Crippen molar-refractivity contribution in [1.82, 2.24) is 5.32 Å². The molecule has 0 aliphatic carbocycles. The highest BCUT2D eigenvalue weighted by Gasteiger charge is 2.42. The first-order valence-corrected chi connectivity index (χ1v) is 6.13. The van der Waals surface area contributed by atoms with E-state index in [1.165, 1.54) is 0 Å². The predicted octanol–water partition coefficient (Wildman–Crippen LogP) is 1.29. The van der Waals surface area contributed by atoms with Crippen molar-refractivity contribution in [2.24, 2.45) is 0 Å². The number of likely N-dealkylation sites (N-methyl/N-ethyl adjacent to an activating group) is 2. The summed E-state index contributed by atoms with van der Waals surface area (Å²) < 4.78 is 0. The molecule has 0 fully saturated rings. The van der Waals surface area contributed by atoms with Gasteiger partial charge >= 0.3 is 5.97 Å². The Labute approximate surface area is 112 Å². The average molecular weight is 262 g/mol. The SMILES string of the molecule is CNC(C(=O)O)c1ccc2c(c1)C(C)(C)C(=O)N2C. The van der Waals surface area contributed by atoms with E-state index in [0.717, 1.165) is 11.3 Å². The minimum absolute atomic E-state index is 0.0241. The molecule has 102 valence electrons. The maximum Gasteiger partial charge on any atom is 0.325 e. The molecule has 1 aromatic carbocycles. The summed E-state index contributed by atoms with van der Waals surface area (Å²) in [5.41, 5.74) is 1.76. The summed E-state index contributed by atoms with van der Waals surface area (Å²) in [6.45, 7) is 3.72. The van der Waals surface area contributed by atoms with E-state index in [-0.39, 0.29) is 5.91 Å². The van der Waals surface area contributed by atoms with Gasteiger partial charge in [0.25, 0.3) is 0 Å². The summed E-state index contributed by atoms with van der Waals surface area (Å²) in [6, 6.07) is 4.61. The normalized spacial score (nSPS) is 18.3. The third kappa shape index (κ3) is 1.90. The number of benzene rings is 1. The van der Waals surface area contributed by atoms with Crippen LogP contribution >= 0.6 is 0 Å². The number of carboxylic acid groups (broad SMARTS) is 1. The fourth-order valence-electron chi connectivity index (χ4n) is 2.60. The van der Waals surface area contributed by atoms with Crippen LogP contribution in [-0.4, -0.2) is 31.1 Å². The van der Waals surface area contributed by atoms with E-state index in [1.54, 1.807) is 25.1 Å². The maximum absolute atomic E-state index is 12.2. The number of carbonyl (C=O) groups is 2. The van der Waals surface area contributed by atoms with Crippen molar-refractivity contribution >= 4 is 17.6 Å². The highest BCUT2D eigenvalue weighted by Crippen LogP contribution is 2.41. The molecule has 1 aliphatic heterocycles. The highest BCUT2D eigenvalue weighted by molar-refractivity contribution is 6.07. The van der Waals surface area contributed by atoms with Gasteiger partial charge in [-0.3, -0.25) is 9.59 Å². The molecular weight excluding hydrogens is 244 g/mol. The Kier molecular flexibility index (Phi) is 3.10. The van der Waals surface area contributed by atoms with Gasteiger partial charge in [0.05, 0.1) is 5.41 Å². The molecule has 0 saturated heterocycles. The summed E-state index contributed by atoms with van der Waals surface area (Å²) >= 11 is 0. The Morgan fingerprint density at radius 1 is 1.42 bits per heavy atom. The lowest BCUT2D eigenvalue weighted by Gasteiger charge is -2.18. The van der Waals surface area contributed by atoms with Gasteiger partial charge in [-0.2, -0.15) is 0 Å². The molecule has 1 unspecified atom stereocenters. The molecule has 0 spiro atoms. The number of hydrogen-bond acceptors (Lipinski definition) is 3. The summed E-state index contributed by atoms with van der Waals surface area (Å²) in [5.74, 6) is -0.908. The van der Waals surface area contributed by atoms with Crippen LogP contribution in [0.25, 0.3) is 0 Å². The second-order valence-corrected chi connectivity index (χ2v) is 5.33. The van der Waals surface area contributed by atoms with Crippen molar-refractivity contribution in [3.05, 3.63) is 29.3 Å². The first-order chi connectivity index (χ1) is 8.80. The molecule has 0 saturated carbocycles. The Bertz CT molecular complexity index is 552. The van der Waals surface area contributed by atoms with Crippen molar-refractivity contribution in [1.29, 1.82) is 0 Å². The quantitative estimate of drug-likeness (QED) is 0.861. The van der Waals surface area contributed by atoms with Crippen LogP contribution < -0.4 is 10.2 Å². The topological polar surface area (TPSA) is 69.6 Å². The van der Waals surface area contributed by atoms with Crippen molar-refractivity contribution in [3.8, 4) is 0 Å². The number of nitrogens with zero attached hydrogens (tertiary/aromatic N) is 1. The van der Waals surface area contributed by atoms with Crippen molar-refractivity contribution in [3.63, 3.8) is 0 Å². The van der Waals surface area contributed by atoms with Crippen LogP contribution in [0, 0.1) is 0 Å². The molecule has 2 rings (SSSR count). The van der Waals surface area contributed by atoms with Crippen molar-refractivity contribution in [2.45, 2.75) is 25.3 Å². The van der Waals surface area contributed by atoms with Gasteiger partial charge in [0.15, 0.2) is 0 Å². The molecule has 5 nitrogen and oxygen atoms in total. The maximum atomic E-state index is 12.2. The Balaban J connectivity index is 2.54. The number of hydrogen-bond donors (Lipinski definition) is 2. The van der Waals surface area contributed by atoms with Crippen LogP contribution in [0.2, 0.25) is 0 Å². The number of anilines is 1. The van der Waals surface area contributed by atoms with Crippen LogP contribution in [0.3, 0.4) is 0 Å². The highest BCUT2D eigenvalue weighted by atomic mass is 16.4. The molecule has 0 aromatic heterocycles. The van der Waals surface area contributed by atoms with Crippen molar-refractivity contribution < 1.29 is 14.7 Å². The standard InChI is InChI=1S/C14H18N2O3/c1-14(2)9-7-8(11(15-3)12(17)18)5-6-10(9)16(4)13(14)19/h5-7,11,15H,1-4H3,(H,17,18). The van der Waals surface area contributed by atoms with Crippen LogP contribution in [0.15, 0.2) is 18.2 Å². The molecule has 1 amide bonds. The number of carbonyl (C=O) groups excluding carboxylic acids is 1. The monoisotopic (exact) mass is 262 g/mol. The van der Waals surface area contributed by atoms with Crippen LogP contribution in [0.4, 0.5) is 5.69 Å². The summed E-state index contributed by atoms with van der Waals surface area (Å²) in [4.78, 5) is 25.0. The molecular formula is C14H18N2O3. The van der Waals surface area contributed by atoms with Gasteiger partial charge in [-0.05, 0) is 38.1 Å². The Morgan fingerprint density at radius 2 is 2.05 bits per heavy atom. The summed E-state index contributed by atoms with van der Waals surface area (Å²) in [5, 5.41) is 11.9. The summed E-state index contributed by atoms with van der Waals surface area (Å²) in [6.07, 6.45) is 0. The van der Waals surface area contributed by atoms with Gasteiger partial charge in [0.2, 0.25) is 5.91 Å². The van der Waals surface area contributed by atoms with Crippen LogP contribution in [-0.2, 0) is 15.0 Å². The summed E-state index contributed by atoms with van der Waals surface area (Å²) in [7, 11) is 3.34. The molecule has 2 N–H and O–H groups in total. The molecule has 1 heterocycles. The van der Waals surface area contributed by atoms with E-state index in [1.807, 2.05) is 26.0 Å². The fraction of sp³-hybridized carbons (Fsp3) is 0.429. The fourth-order valence-corrected chi connectivity index (χ4v) is 2.60. The van der Waals surface area contributed by atoms with Gasteiger partial charge in [-0.1, -0.05) is 12.1 Å². The van der Waals surface area contributed by atoms with Gasteiger partial charge in [-0.25, -0.2) is 0 Å². The number of rotatable bonds is 3. The van der Waals surface area contributed by atoms with Gasteiger partial charge in [-0.15, -0.1) is 0 Å². The lowest BCUT2D eigenvalue weighted by atomic mass is 9.84. The Hall–Kier alpha value is -1.88. The van der Waals surface area contributed by atoms with E-state index >= 15 is 0 Å². The van der Waals surface area contributed by atoms with E-state index in [0.29, 0.717) is 5.56 Å². The molecule has 0 bridgehead atoms. The van der Waals surface area contributed by atoms with E-state index in [4.69, 9.17) is 5.11 Å². The van der Waals surface area contributed by atoms with Crippen LogP contribution in [0.5, 0.6) is 0 Å². The number of aliphatic carboxylic acids is 1. The van der Waals surface area contributed by atoms with Gasteiger partial charge in [0, 0.05) is 12.7 Å². The predicted molar refractivity (Wildman–Crippen MR) is 72.3 cm³/mol. The number of nitrogens with one attached hydrogen (secondary N) is 1. The lowest BCUT2D eigenvalue weighted by Crippen LogP contribution is -2.33. The third-order valence-corrected chi connectivity index (χ3v) is 3.76. The molecule has 1 aliphatic rings. The minimum Gasteiger partial charge on any atom is -0.480 e. The zero-order chi connectivity index (χ0) is 14.4. The van der Waals surface area contributed by atoms with Gasteiger partial charge in [0.1, 0.15) is 6.04 Å². The first-order valence-electron chi connectivity index (χ1n) is 6.13. The van der Waals surface area contributed by atoms with E-state index in [9.17, 15) is 9.59 Å². The number of carboxylic acids is 1. The van der Waals surface area contributed by atoms with Gasteiger partial charge < -0.3 is 15.3 Å². The van der Waals surface area contributed by atoms with Crippen molar-refractivity contribution in [2.75, 3.05) is 19.0 Å². The molecule has 19 heavy (non-hydrogen) atoms. The Morgan fingerprint density at radius 3 is 2.58 bits per heavy atom. The smallest absolute Gasteiger partial charge is 0.325 e. The number of amides is 1. The average Bonchev–Trinajstić information content (AvgIpc) is 2.52. The number of fused-ring (bicyclic) bond motifs is 1. The van der Waals surface area contributed by atoms with E-state index in [2.05, 4.69) is 5.32 Å². The van der Waals surface area contributed by atoms with E-state index < -0.39 is 17.4 Å². The second-order valence-electron chi connectivity index (χ2n) is 5.33. The molecule has 0 radical (unpaired) electrons.